The number of benzene rings is 6. The van der Waals surface area contributed by atoms with Gasteiger partial charge < -0.3 is 28.3 Å². The van der Waals surface area contributed by atoms with Crippen molar-refractivity contribution < 1.29 is 28.4 Å². The minimum Gasteiger partial charge on any atom is -0.330 e. The lowest BCUT2D eigenvalue weighted by Crippen LogP contribution is -2.40. The predicted octanol–water partition coefficient (Wildman–Crippen LogP) is 21.2. The number of rotatable bonds is 26. The maximum atomic E-state index is 13.7. The zero-order valence-corrected chi connectivity index (χ0v) is 69.1. The molecule has 5 unspecified atom stereocenters. The van der Waals surface area contributed by atoms with Gasteiger partial charge in [0.2, 0.25) is 0 Å². The van der Waals surface area contributed by atoms with Crippen LogP contribution in [0.2, 0.25) is 20.1 Å². The largest absolute Gasteiger partial charge is 0.330 e. The van der Waals surface area contributed by atoms with Crippen molar-refractivity contribution in [1.29, 1.82) is 0 Å². The van der Waals surface area contributed by atoms with E-state index in [4.69, 9.17) is 69.3 Å². The number of allylic oxidation sites excluding steroid dienone is 1. The molecule has 0 amide bonds. The highest BCUT2D eigenvalue weighted by molar-refractivity contribution is 9.10. The summed E-state index contributed by atoms with van der Waals surface area (Å²) in [6.07, 6.45) is 8.75. The van der Waals surface area contributed by atoms with Gasteiger partial charge in [-0.05, 0) is 204 Å². The van der Waals surface area contributed by atoms with Crippen molar-refractivity contribution in [2.45, 2.75) is 195 Å². The Kier molecular flexibility index (Phi) is 39.8. The lowest BCUT2D eigenvalue weighted by Gasteiger charge is -2.37. The van der Waals surface area contributed by atoms with Crippen LogP contribution in [0.1, 0.15) is 206 Å². The van der Waals surface area contributed by atoms with Crippen LogP contribution in [-0.2, 0) is 45.6 Å². The summed E-state index contributed by atoms with van der Waals surface area (Å²) in [6.45, 7) is 35.7. The van der Waals surface area contributed by atoms with E-state index in [9.17, 15) is 28.4 Å². The molecule has 0 bridgehead atoms. The smallest absolute Gasteiger partial charge is 0.147 e. The summed E-state index contributed by atoms with van der Waals surface area (Å²) in [4.78, 5) is 61.9. The molecule has 102 heavy (non-hydrogen) atoms. The van der Waals surface area contributed by atoms with Crippen LogP contribution in [0.15, 0.2) is 161 Å². The van der Waals surface area contributed by atoms with Gasteiger partial charge in [0.05, 0.1) is 26.7 Å². The first-order valence-electron chi connectivity index (χ1n) is 36.1. The molecule has 0 radical (unpaired) electrons. The van der Waals surface area contributed by atoms with E-state index in [0.717, 1.165) is 101 Å². The van der Waals surface area contributed by atoms with Gasteiger partial charge in [-0.15, -0.1) is 0 Å². The molecule has 560 valence electrons. The van der Waals surface area contributed by atoms with Gasteiger partial charge in [-0.2, -0.15) is 0 Å². The molecule has 1 aliphatic heterocycles. The standard InChI is InChI=1S/C16H20ClFO.C14H20BrN.C14H18ClNO.2C14H20ClNO.C13H18BrNO/c1-11(2)15(19)16(8-4-3-5-9-16)12-6-7-13(17)14(18)10-12;1-10(2)11(3)14(8-9-16)12-4-6-13(15)7-5-12;1-10(2)13(17)14(7-8-16-9-14)11-3-5-12(15)6-4-11;2*1-10(2)13(17)14(3,8-9-16)11-4-6-12(15)7-5-11;1-9(2)13(16)12(7-8-15)10-3-5-11(14)6-4-10/h6-7,10-11H,3-5,8-9H2,1-2H3;4-7,10,14H,3,8-9,16H2,1-2H3;3-6,10,16H,7-9H2,1-2H3;2*4-7,10H,8-9,16H2,1-3H3;3-6,9,12H,7-8,15H2,1-2H3. The molecule has 1 heterocycles. The zero-order valence-electron chi connectivity index (χ0n) is 62.9. The summed E-state index contributed by atoms with van der Waals surface area (Å²) in [5, 5.41) is 5.50. The van der Waals surface area contributed by atoms with Gasteiger partial charge in [0.25, 0.3) is 0 Å². The topological polar surface area (TPSA) is 201 Å². The molecule has 1 aliphatic carbocycles. The molecule has 0 spiro atoms. The lowest BCUT2D eigenvalue weighted by molar-refractivity contribution is -0.129. The molecule has 5 atom stereocenters. The second-order valence-electron chi connectivity index (χ2n) is 29.3. The quantitative estimate of drug-likeness (QED) is 0.0325. The number of ketones is 5. The SMILES string of the molecule is C=C(C(C)C)C(CCN)c1ccc(Br)cc1.CC(C)C(=O)C(C)(CCN)c1ccc(Cl)cc1.CC(C)C(=O)C(C)(CCN)c1ccc(Cl)cc1.CC(C)C(=O)C(CCN)c1ccc(Br)cc1.CC(C)C(=O)C1(c2ccc(Cl)c(F)c2)CCCCC1.CC(C)C(=O)C1(c2ccc(Cl)cc2)CCNC1. The van der Waals surface area contributed by atoms with Crippen molar-refractivity contribution in [3.8, 4) is 0 Å². The van der Waals surface area contributed by atoms with E-state index >= 15 is 0 Å². The predicted molar refractivity (Wildman–Crippen MR) is 436 cm³/mol. The van der Waals surface area contributed by atoms with Gasteiger partial charge in [0, 0.05) is 72.0 Å². The fourth-order valence-electron chi connectivity index (χ4n) is 13.7. The molecule has 8 rings (SSSR count). The minimum absolute atomic E-state index is 0.00206. The molecule has 6 aromatic rings. The molecular formula is C85H116Br2Cl4FN5O5. The van der Waals surface area contributed by atoms with Crippen molar-refractivity contribution in [2.24, 2.45) is 58.4 Å². The Morgan fingerprint density at radius 2 is 0.863 bits per heavy atom. The number of carbonyl (C=O) groups is 5. The third-order valence-corrected chi connectivity index (χ3v) is 21.8. The Balaban J connectivity index is 0.000000318. The van der Waals surface area contributed by atoms with Crippen molar-refractivity contribution >= 4 is 107 Å². The fourth-order valence-corrected chi connectivity index (χ4v) is 14.7. The minimum atomic E-state index is -0.506. The monoisotopic (exact) mass is 1600 g/mol. The number of Topliss-reactive ketones (excluding diaryl/α,β-unsaturated/α-hetero) is 5. The number of carbonyl (C=O) groups excluding carboxylic acids is 5. The van der Waals surface area contributed by atoms with Gasteiger partial charge in [0.15, 0.2) is 0 Å². The van der Waals surface area contributed by atoms with Crippen molar-refractivity contribution in [3.63, 3.8) is 0 Å². The van der Waals surface area contributed by atoms with E-state index in [1.54, 1.807) is 6.07 Å². The van der Waals surface area contributed by atoms with Gasteiger partial charge >= 0.3 is 0 Å². The molecule has 1 saturated carbocycles. The van der Waals surface area contributed by atoms with E-state index in [-0.39, 0.29) is 69.1 Å². The van der Waals surface area contributed by atoms with Crippen LogP contribution in [0.4, 0.5) is 4.39 Å². The number of nitrogens with two attached hydrogens (primary N) is 4. The molecule has 9 N–H and O–H groups in total. The normalized spacial score (nSPS) is 16.4. The van der Waals surface area contributed by atoms with Gasteiger partial charge in [-0.3, -0.25) is 24.0 Å². The molecular weight excluding hydrogens is 1490 g/mol. The second-order valence-corrected chi connectivity index (χ2v) is 32.8. The summed E-state index contributed by atoms with van der Waals surface area (Å²) in [6, 6.07) is 43.8. The molecule has 2 fully saturated rings. The highest BCUT2D eigenvalue weighted by Gasteiger charge is 2.44. The van der Waals surface area contributed by atoms with Crippen LogP contribution < -0.4 is 28.3 Å². The van der Waals surface area contributed by atoms with Crippen LogP contribution in [0.5, 0.6) is 0 Å². The first-order chi connectivity index (χ1) is 48.0. The average molecular weight is 1610 g/mol. The maximum Gasteiger partial charge on any atom is 0.147 e. The van der Waals surface area contributed by atoms with E-state index in [1.165, 1.54) is 17.2 Å². The summed E-state index contributed by atoms with van der Waals surface area (Å²) in [5.74, 6) is 1.77. The summed E-state index contributed by atoms with van der Waals surface area (Å²) < 4.78 is 15.9. The molecule has 6 aromatic carbocycles. The molecule has 0 aromatic heterocycles. The van der Waals surface area contributed by atoms with Crippen LogP contribution in [0, 0.1) is 41.3 Å². The second kappa shape index (κ2) is 44.4. The third-order valence-electron chi connectivity index (χ3n) is 19.7. The highest BCUT2D eigenvalue weighted by Crippen LogP contribution is 2.43. The van der Waals surface area contributed by atoms with E-state index in [2.05, 4.69) is 81.9 Å². The Labute approximate surface area is 648 Å². The lowest BCUT2D eigenvalue weighted by atomic mass is 9.64. The Morgan fingerprint density at radius 3 is 1.21 bits per heavy atom. The van der Waals surface area contributed by atoms with Gasteiger partial charge in [-0.1, -0.05) is 259 Å². The number of hydrogen-bond donors (Lipinski definition) is 5. The number of nitrogens with one attached hydrogen (secondary N) is 1. The zero-order chi connectivity index (χ0) is 76.9. The molecule has 2 aliphatic rings. The number of hydrogen-bond acceptors (Lipinski definition) is 10. The third kappa shape index (κ3) is 26.3. The van der Waals surface area contributed by atoms with Crippen molar-refractivity contribution in [2.75, 3.05) is 39.3 Å². The van der Waals surface area contributed by atoms with Crippen LogP contribution in [0.3, 0.4) is 0 Å². The number of halogens is 7. The molecule has 10 nitrogen and oxygen atoms in total. The maximum absolute atomic E-state index is 13.7. The first kappa shape index (κ1) is 91.5. The van der Waals surface area contributed by atoms with Crippen molar-refractivity contribution in [1.82, 2.24) is 5.32 Å². The van der Waals surface area contributed by atoms with Crippen molar-refractivity contribution in [3.05, 3.63) is 220 Å². The highest BCUT2D eigenvalue weighted by atomic mass is 79.9. The average Bonchev–Trinajstić information content (AvgIpc) is 1.45. The Morgan fingerprint density at radius 1 is 0.480 bits per heavy atom. The summed E-state index contributed by atoms with van der Waals surface area (Å²) in [5.41, 5.74) is 28.2. The van der Waals surface area contributed by atoms with E-state index < -0.39 is 22.1 Å². The van der Waals surface area contributed by atoms with E-state index in [0.29, 0.717) is 71.7 Å². The van der Waals surface area contributed by atoms with Crippen LogP contribution in [-0.4, -0.2) is 68.2 Å². The Hall–Kier alpha value is -4.74. The fraction of sp³-hybridized carbons (Fsp3) is 0.494. The Bertz CT molecular complexity index is 3410. The van der Waals surface area contributed by atoms with Gasteiger partial charge in [0.1, 0.15) is 34.7 Å². The molecule has 17 heteroatoms. The first-order valence-corrected chi connectivity index (χ1v) is 39.2. The summed E-state index contributed by atoms with van der Waals surface area (Å²) >= 11 is 30.2. The summed E-state index contributed by atoms with van der Waals surface area (Å²) in [7, 11) is 0. The van der Waals surface area contributed by atoms with Gasteiger partial charge in [-0.25, -0.2) is 4.39 Å². The van der Waals surface area contributed by atoms with E-state index in [1.807, 2.05) is 186 Å². The van der Waals surface area contributed by atoms with Crippen LogP contribution >= 0.6 is 78.3 Å². The van der Waals surface area contributed by atoms with Crippen LogP contribution in [0.25, 0.3) is 0 Å². The molecule has 1 saturated heterocycles.